The fourth-order valence-electron chi connectivity index (χ4n) is 2.44. The van der Waals surface area contributed by atoms with Gasteiger partial charge in [-0.1, -0.05) is 6.92 Å². The zero-order chi connectivity index (χ0) is 13.0. The molecule has 2 heterocycles. The van der Waals surface area contributed by atoms with Crippen LogP contribution in [0.5, 0.6) is 0 Å². The highest BCUT2D eigenvalue weighted by atomic mass is 16.2. The van der Waals surface area contributed by atoms with Gasteiger partial charge in [0.15, 0.2) is 0 Å². The maximum absolute atomic E-state index is 11.6. The van der Waals surface area contributed by atoms with Crippen LogP contribution in [0.4, 0.5) is 0 Å². The number of hydrogen-bond donors (Lipinski definition) is 0. The number of nitrogens with zero attached hydrogens (tertiary/aromatic N) is 3. The van der Waals surface area contributed by atoms with Crippen molar-refractivity contribution in [3.8, 4) is 0 Å². The van der Waals surface area contributed by atoms with Crippen molar-refractivity contribution < 1.29 is 4.79 Å². The second-order valence-corrected chi connectivity index (χ2v) is 4.73. The van der Waals surface area contributed by atoms with Crippen molar-refractivity contribution in [1.82, 2.24) is 14.8 Å². The summed E-state index contributed by atoms with van der Waals surface area (Å²) in [4.78, 5) is 20.1. The quantitative estimate of drug-likeness (QED) is 0.815. The van der Waals surface area contributed by atoms with E-state index in [0.29, 0.717) is 12.5 Å². The third-order valence-electron chi connectivity index (χ3n) is 3.71. The average molecular weight is 247 g/mol. The smallest absolute Gasteiger partial charge is 0.222 e. The topological polar surface area (TPSA) is 36.4 Å². The molecule has 1 aliphatic heterocycles. The van der Waals surface area contributed by atoms with Gasteiger partial charge < -0.3 is 4.90 Å². The predicted octanol–water partition coefficient (Wildman–Crippen LogP) is 1.70. The molecule has 2 rings (SSSR count). The highest BCUT2D eigenvalue weighted by molar-refractivity contribution is 5.75. The second-order valence-electron chi connectivity index (χ2n) is 4.73. The van der Waals surface area contributed by atoms with Gasteiger partial charge in [-0.15, -0.1) is 0 Å². The van der Waals surface area contributed by atoms with E-state index in [1.54, 1.807) is 0 Å². The summed E-state index contributed by atoms with van der Waals surface area (Å²) in [5.74, 6) is 0.270. The van der Waals surface area contributed by atoms with Gasteiger partial charge in [0.25, 0.3) is 0 Å². The molecule has 4 nitrogen and oxygen atoms in total. The Morgan fingerprint density at radius 3 is 2.44 bits per heavy atom. The molecule has 0 aromatic carbocycles. The average Bonchev–Trinajstić information content (AvgIpc) is 2.47. The number of pyridine rings is 1. The van der Waals surface area contributed by atoms with Gasteiger partial charge in [-0.25, -0.2) is 0 Å². The summed E-state index contributed by atoms with van der Waals surface area (Å²) in [6.07, 6.45) is 4.28. The Labute approximate surface area is 109 Å². The lowest BCUT2D eigenvalue weighted by Gasteiger charge is -2.38. The molecule has 0 aliphatic carbocycles. The number of rotatable bonds is 3. The van der Waals surface area contributed by atoms with Crippen LogP contribution >= 0.6 is 0 Å². The molecule has 1 fully saturated rings. The Morgan fingerprint density at radius 2 is 1.89 bits per heavy atom. The first-order valence-corrected chi connectivity index (χ1v) is 6.64. The van der Waals surface area contributed by atoms with Crippen LogP contribution < -0.4 is 0 Å². The number of carbonyl (C=O) groups is 1. The third kappa shape index (κ3) is 2.88. The summed E-state index contributed by atoms with van der Waals surface area (Å²) in [5.41, 5.74) is 1.29. The van der Waals surface area contributed by atoms with Gasteiger partial charge in [0, 0.05) is 51.0 Å². The largest absolute Gasteiger partial charge is 0.340 e. The summed E-state index contributed by atoms with van der Waals surface area (Å²) < 4.78 is 0. The fraction of sp³-hybridized carbons (Fsp3) is 0.571. The van der Waals surface area contributed by atoms with Crippen molar-refractivity contribution in [3.05, 3.63) is 30.1 Å². The van der Waals surface area contributed by atoms with Crippen LogP contribution in [0.1, 0.15) is 31.9 Å². The van der Waals surface area contributed by atoms with Gasteiger partial charge in [0.05, 0.1) is 0 Å². The van der Waals surface area contributed by atoms with Crippen molar-refractivity contribution in [1.29, 1.82) is 0 Å². The van der Waals surface area contributed by atoms with E-state index in [-0.39, 0.29) is 5.91 Å². The highest BCUT2D eigenvalue weighted by Crippen LogP contribution is 2.20. The summed E-state index contributed by atoms with van der Waals surface area (Å²) in [6.45, 7) is 7.75. The number of hydrogen-bond acceptors (Lipinski definition) is 3. The van der Waals surface area contributed by atoms with Crippen LogP contribution in [-0.4, -0.2) is 46.9 Å². The van der Waals surface area contributed by atoms with E-state index in [1.807, 2.05) is 24.2 Å². The molecular formula is C14H21N3O. The minimum absolute atomic E-state index is 0.270. The van der Waals surface area contributed by atoms with E-state index in [9.17, 15) is 4.79 Å². The number of piperazine rings is 1. The summed E-state index contributed by atoms with van der Waals surface area (Å²) in [6, 6.07) is 4.52. The van der Waals surface area contributed by atoms with Crippen LogP contribution in [0.15, 0.2) is 24.5 Å². The molecule has 1 unspecified atom stereocenters. The molecule has 0 spiro atoms. The van der Waals surface area contributed by atoms with E-state index in [4.69, 9.17) is 0 Å². The highest BCUT2D eigenvalue weighted by Gasteiger charge is 2.23. The standard InChI is InChI=1S/C14H21N3O/c1-3-14(18)17-10-8-16(9-11-17)12(2)13-4-6-15-7-5-13/h4-7,12H,3,8-11H2,1-2H3. The normalized spacial score (nSPS) is 18.7. The zero-order valence-electron chi connectivity index (χ0n) is 11.2. The first-order chi connectivity index (χ1) is 8.72. The van der Waals surface area contributed by atoms with Crippen molar-refractivity contribution in [2.75, 3.05) is 26.2 Å². The molecule has 1 aromatic rings. The molecule has 0 bridgehead atoms. The summed E-state index contributed by atoms with van der Waals surface area (Å²) in [5, 5.41) is 0. The molecule has 1 amide bonds. The molecule has 0 radical (unpaired) electrons. The first kappa shape index (κ1) is 13.0. The molecule has 18 heavy (non-hydrogen) atoms. The van der Waals surface area contributed by atoms with Gasteiger partial charge in [0.1, 0.15) is 0 Å². The number of aromatic nitrogens is 1. The molecular weight excluding hydrogens is 226 g/mol. The van der Waals surface area contributed by atoms with Gasteiger partial charge in [-0.2, -0.15) is 0 Å². The lowest BCUT2D eigenvalue weighted by Crippen LogP contribution is -2.49. The zero-order valence-corrected chi connectivity index (χ0v) is 11.2. The van der Waals surface area contributed by atoms with Crippen molar-refractivity contribution in [3.63, 3.8) is 0 Å². The fourth-order valence-corrected chi connectivity index (χ4v) is 2.44. The van der Waals surface area contributed by atoms with Gasteiger partial charge >= 0.3 is 0 Å². The Balaban J connectivity index is 1.92. The van der Waals surface area contributed by atoms with Crippen LogP contribution in [0, 0.1) is 0 Å². The maximum Gasteiger partial charge on any atom is 0.222 e. The van der Waals surface area contributed by atoms with Crippen LogP contribution in [0.25, 0.3) is 0 Å². The van der Waals surface area contributed by atoms with Crippen molar-refractivity contribution in [2.45, 2.75) is 26.3 Å². The van der Waals surface area contributed by atoms with Crippen LogP contribution in [0.2, 0.25) is 0 Å². The van der Waals surface area contributed by atoms with E-state index in [0.717, 1.165) is 26.2 Å². The second kappa shape index (κ2) is 5.96. The van der Waals surface area contributed by atoms with E-state index in [2.05, 4.69) is 28.9 Å². The van der Waals surface area contributed by atoms with Crippen molar-refractivity contribution in [2.24, 2.45) is 0 Å². The van der Waals surface area contributed by atoms with E-state index < -0.39 is 0 Å². The lowest BCUT2D eigenvalue weighted by molar-refractivity contribution is -0.132. The van der Waals surface area contributed by atoms with Crippen LogP contribution in [-0.2, 0) is 4.79 Å². The molecule has 0 saturated carbocycles. The third-order valence-corrected chi connectivity index (χ3v) is 3.71. The molecule has 1 aromatic heterocycles. The molecule has 1 saturated heterocycles. The summed E-state index contributed by atoms with van der Waals surface area (Å²) in [7, 11) is 0. The van der Waals surface area contributed by atoms with E-state index >= 15 is 0 Å². The minimum Gasteiger partial charge on any atom is -0.340 e. The lowest BCUT2D eigenvalue weighted by atomic mass is 10.1. The SMILES string of the molecule is CCC(=O)N1CCN(C(C)c2ccncc2)CC1. The van der Waals surface area contributed by atoms with Gasteiger partial charge in [-0.05, 0) is 24.6 Å². The first-order valence-electron chi connectivity index (χ1n) is 6.64. The van der Waals surface area contributed by atoms with Crippen molar-refractivity contribution >= 4 is 5.91 Å². The minimum atomic E-state index is 0.270. The monoisotopic (exact) mass is 247 g/mol. The van der Waals surface area contributed by atoms with E-state index in [1.165, 1.54) is 5.56 Å². The Hall–Kier alpha value is -1.42. The Morgan fingerprint density at radius 1 is 1.28 bits per heavy atom. The predicted molar refractivity (Wildman–Crippen MR) is 71.1 cm³/mol. The van der Waals surface area contributed by atoms with Gasteiger partial charge in [0.2, 0.25) is 5.91 Å². The molecule has 98 valence electrons. The molecule has 0 N–H and O–H groups in total. The maximum atomic E-state index is 11.6. The van der Waals surface area contributed by atoms with Gasteiger partial charge in [-0.3, -0.25) is 14.7 Å². The number of amides is 1. The molecule has 1 atom stereocenters. The Kier molecular flexibility index (Phi) is 4.31. The molecule has 1 aliphatic rings. The molecule has 4 heteroatoms. The Bertz CT molecular complexity index is 385. The number of carbonyl (C=O) groups excluding carboxylic acids is 1. The van der Waals surface area contributed by atoms with Crippen LogP contribution in [0.3, 0.4) is 0 Å². The summed E-state index contributed by atoms with van der Waals surface area (Å²) >= 11 is 0.